The SMILES string of the molecule is CCNc1nccc(C(=O)NC(C)CSC)c1F. The molecule has 0 radical (unpaired) electrons. The number of carbonyl (C=O) groups is 1. The second-order valence-corrected chi connectivity index (χ2v) is 4.79. The van der Waals surface area contributed by atoms with Crippen molar-refractivity contribution in [3.8, 4) is 0 Å². The minimum atomic E-state index is -0.604. The highest BCUT2D eigenvalue weighted by molar-refractivity contribution is 7.98. The van der Waals surface area contributed by atoms with E-state index < -0.39 is 11.7 Å². The second kappa shape index (κ2) is 7.20. The predicted molar refractivity (Wildman–Crippen MR) is 73.7 cm³/mol. The Morgan fingerprint density at radius 2 is 2.33 bits per heavy atom. The molecule has 1 atom stereocenters. The van der Waals surface area contributed by atoms with Crippen molar-refractivity contribution in [3.05, 3.63) is 23.6 Å². The molecule has 18 heavy (non-hydrogen) atoms. The van der Waals surface area contributed by atoms with Gasteiger partial charge in [-0.05, 0) is 26.2 Å². The standard InChI is InChI=1S/C12H18FN3OS/c1-4-14-11-10(13)9(5-6-15-11)12(17)16-8(2)7-18-3/h5-6,8H,4,7H2,1-3H3,(H,14,15)(H,16,17). The molecule has 1 aromatic heterocycles. The quantitative estimate of drug-likeness (QED) is 0.832. The Morgan fingerprint density at radius 1 is 1.61 bits per heavy atom. The highest BCUT2D eigenvalue weighted by atomic mass is 32.2. The zero-order valence-corrected chi connectivity index (χ0v) is 11.6. The first-order valence-electron chi connectivity index (χ1n) is 5.78. The van der Waals surface area contributed by atoms with Crippen LogP contribution in [0, 0.1) is 5.82 Å². The van der Waals surface area contributed by atoms with Crippen LogP contribution in [0.5, 0.6) is 0 Å². The van der Waals surface area contributed by atoms with Gasteiger partial charge in [-0.2, -0.15) is 11.8 Å². The summed E-state index contributed by atoms with van der Waals surface area (Å²) in [5.41, 5.74) is 0.0221. The van der Waals surface area contributed by atoms with E-state index in [1.165, 1.54) is 12.3 Å². The van der Waals surface area contributed by atoms with Gasteiger partial charge in [-0.25, -0.2) is 9.37 Å². The van der Waals surface area contributed by atoms with Crippen LogP contribution in [0.2, 0.25) is 0 Å². The fraction of sp³-hybridized carbons (Fsp3) is 0.500. The summed E-state index contributed by atoms with van der Waals surface area (Å²) < 4.78 is 14.0. The number of halogens is 1. The molecule has 0 saturated carbocycles. The van der Waals surface area contributed by atoms with E-state index in [4.69, 9.17) is 0 Å². The lowest BCUT2D eigenvalue weighted by molar-refractivity contribution is 0.0939. The maximum Gasteiger partial charge on any atom is 0.254 e. The molecule has 1 aromatic rings. The summed E-state index contributed by atoms with van der Waals surface area (Å²) >= 11 is 1.63. The van der Waals surface area contributed by atoms with E-state index in [2.05, 4.69) is 15.6 Å². The maximum absolute atomic E-state index is 14.0. The highest BCUT2D eigenvalue weighted by Gasteiger charge is 2.17. The molecule has 4 nitrogen and oxygen atoms in total. The Kier molecular flexibility index (Phi) is 5.91. The molecule has 0 saturated heterocycles. The monoisotopic (exact) mass is 271 g/mol. The lowest BCUT2D eigenvalue weighted by Gasteiger charge is -2.13. The fourth-order valence-corrected chi connectivity index (χ4v) is 2.09. The van der Waals surface area contributed by atoms with Gasteiger partial charge in [-0.1, -0.05) is 0 Å². The van der Waals surface area contributed by atoms with E-state index in [0.717, 1.165) is 5.75 Å². The summed E-state index contributed by atoms with van der Waals surface area (Å²) in [4.78, 5) is 15.7. The van der Waals surface area contributed by atoms with Crippen molar-refractivity contribution in [1.82, 2.24) is 10.3 Å². The van der Waals surface area contributed by atoms with E-state index in [9.17, 15) is 9.18 Å². The number of rotatable bonds is 6. The number of aromatic nitrogens is 1. The van der Waals surface area contributed by atoms with Crippen molar-refractivity contribution >= 4 is 23.5 Å². The van der Waals surface area contributed by atoms with Crippen molar-refractivity contribution in [2.75, 3.05) is 23.9 Å². The predicted octanol–water partition coefficient (Wildman–Crippen LogP) is 2.13. The first-order valence-corrected chi connectivity index (χ1v) is 7.17. The van der Waals surface area contributed by atoms with Crippen molar-refractivity contribution in [2.24, 2.45) is 0 Å². The smallest absolute Gasteiger partial charge is 0.254 e. The van der Waals surface area contributed by atoms with E-state index >= 15 is 0 Å². The van der Waals surface area contributed by atoms with Gasteiger partial charge in [-0.15, -0.1) is 0 Å². The van der Waals surface area contributed by atoms with Crippen LogP contribution in [0.1, 0.15) is 24.2 Å². The van der Waals surface area contributed by atoms with Crippen LogP contribution in [0.3, 0.4) is 0 Å². The molecule has 0 aliphatic rings. The molecule has 0 fully saturated rings. The zero-order chi connectivity index (χ0) is 13.5. The third kappa shape index (κ3) is 3.87. The van der Waals surface area contributed by atoms with Gasteiger partial charge in [0.15, 0.2) is 11.6 Å². The van der Waals surface area contributed by atoms with Crippen LogP contribution >= 0.6 is 11.8 Å². The van der Waals surface area contributed by atoms with E-state index in [-0.39, 0.29) is 17.4 Å². The number of thioether (sulfide) groups is 1. The summed E-state index contributed by atoms with van der Waals surface area (Å²) in [7, 11) is 0. The van der Waals surface area contributed by atoms with Crippen molar-refractivity contribution in [3.63, 3.8) is 0 Å². The second-order valence-electron chi connectivity index (χ2n) is 3.88. The lowest BCUT2D eigenvalue weighted by Crippen LogP contribution is -2.34. The number of amides is 1. The molecular formula is C12H18FN3OS. The van der Waals surface area contributed by atoms with Crippen LogP contribution in [0.15, 0.2) is 12.3 Å². The molecule has 1 rings (SSSR count). The Balaban J connectivity index is 2.82. The molecule has 0 aliphatic carbocycles. The molecule has 1 unspecified atom stereocenters. The lowest BCUT2D eigenvalue weighted by atomic mass is 10.2. The minimum absolute atomic E-state index is 0.00245. The van der Waals surface area contributed by atoms with Gasteiger partial charge >= 0.3 is 0 Å². The largest absolute Gasteiger partial charge is 0.368 e. The van der Waals surface area contributed by atoms with Gasteiger partial charge in [0.1, 0.15) is 0 Å². The Bertz CT molecular complexity index is 414. The molecule has 1 heterocycles. The summed E-state index contributed by atoms with van der Waals surface area (Å²) in [6.45, 7) is 4.28. The molecular weight excluding hydrogens is 253 g/mol. The average Bonchev–Trinajstić information content (AvgIpc) is 2.32. The number of carbonyl (C=O) groups excluding carboxylic acids is 1. The van der Waals surface area contributed by atoms with E-state index in [0.29, 0.717) is 6.54 Å². The molecule has 0 bridgehead atoms. The van der Waals surface area contributed by atoms with E-state index in [1.807, 2.05) is 20.1 Å². The first-order chi connectivity index (χ1) is 8.60. The van der Waals surface area contributed by atoms with E-state index in [1.54, 1.807) is 11.8 Å². The number of anilines is 1. The first kappa shape index (κ1) is 14.8. The summed E-state index contributed by atoms with van der Waals surface area (Å²) in [5, 5.41) is 5.53. The number of nitrogens with zero attached hydrogens (tertiary/aromatic N) is 1. The molecule has 1 amide bonds. The number of pyridine rings is 1. The van der Waals surface area contributed by atoms with Crippen molar-refractivity contribution in [2.45, 2.75) is 19.9 Å². The number of nitrogens with one attached hydrogen (secondary N) is 2. The summed E-state index contributed by atoms with van der Waals surface area (Å²) in [6, 6.07) is 1.39. The number of hydrogen-bond acceptors (Lipinski definition) is 4. The Morgan fingerprint density at radius 3 is 2.94 bits per heavy atom. The van der Waals surface area contributed by atoms with Crippen LogP contribution in [-0.2, 0) is 0 Å². The molecule has 6 heteroatoms. The third-order valence-corrected chi connectivity index (χ3v) is 3.11. The third-order valence-electron chi connectivity index (χ3n) is 2.27. The zero-order valence-electron chi connectivity index (χ0n) is 10.8. The molecule has 0 aliphatic heterocycles. The van der Waals surface area contributed by atoms with Crippen LogP contribution < -0.4 is 10.6 Å². The van der Waals surface area contributed by atoms with Crippen molar-refractivity contribution in [1.29, 1.82) is 0 Å². The van der Waals surface area contributed by atoms with Gasteiger partial charge in [0.2, 0.25) is 0 Å². The maximum atomic E-state index is 14.0. The topological polar surface area (TPSA) is 54.0 Å². The van der Waals surface area contributed by atoms with Crippen LogP contribution in [0.4, 0.5) is 10.2 Å². The Hall–Kier alpha value is -1.30. The number of hydrogen-bond donors (Lipinski definition) is 2. The summed E-state index contributed by atoms with van der Waals surface area (Å²) in [5.74, 6) is -0.107. The van der Waals surface area contributed by atoms with Gasteiger partial charge in [-0.3, -0.25) is 4.79 Å². The minimum Gasteiger partial charge on any atom is -0.368 e. The van der Waals surface area contributed by atoms with Crippen molar-refractivity contribution < 1.29 is 9.18 Å². The molecule has 0 spiro atoms. The average molecular weight is 271 g/mol. The summed E-state index contributed by atoms with van der Waals surface area (Å²) in [6.07, 6.45) is 3.38. The van der Waals surface area contributed by atoms with Gasteiger partial charge < -0.3 is 10.6 Å². The Labute approximate surface area is 111 Å². The van der Waals surface area contributed by atoms with Crippen LogP contribution in [0.25, 0.3) is 0 Å². The van der Waals surface area contributed by atoms with Crippen LogP contribution in [-0.4, -0.2) is 35.5 Å². The van der Waals surface area contributed by atoms with Gasteiger partial charge in [0.05, 0.1) is 5.56 Å². The molecule has 100 valence electrons. The normalized spacial score (nSPS) is 12.0. The highest BCUT2D eigenvalue weighted by Crippen LogP contribution is 2.15. The van der Waals surface area contributed by atoms with Gasteiger partial charge in [0, 0.05) is 24.5 Å². The fourth-order valence-electron chi connectivity index (χ4n) is 1.50. The van der Waals surface area contributed by atoms with Gasteiger partial charge in [0.25, 0.3) is 5.91 Å². The molecule has 2 N–H and O–H groups in total. The molecule has 0 aromatic carbocycles.